The molecule has 6 nitrogen and oxygen atoms in total. The van der Waals surface area contributed by atoms with E-state index in [1.807, 2.05) is 0 Å². The molecule has 14 heavy (non-hydrogen) atoms. The van der Waals surface area contributed by atoms with Crippen molar-refractivity contribution in [3.05, 3.63) is 12.2 Å². The molecule has 0 fully saturated rings. The summed E-state index contributed by atoms with van der Waals surface area (Å²) in [5.41, 5.74) is 5.46. The van der Waals surface area contributed by atoms with Crippen molar-refractivity contribution in [2.75, 3.05) is 26.9 Å². The van der Waals surface area contributed by atoms with Crippen LogP contribution in [0.2, 0.25) is 0 Å². The van der Waals surface area contributed by atoms with Crippen molar-refractivity contribution in [1.82, 2.24) is 14.8 Å². The van der Waals surface area contributed by atoms with Gasteiger partial charge in [0, 0.05) is 7.11 Å². The maximum absolute atomic E-state index is 5.46. The van der Waals surface area contributed by atoms with Crippen LogP contribution in [0.5, 0.6) is 0 Å². The van der Waals surface area contributed by atoms with E-state index in [2.05, 4.69) is 10.1 Å². The fraction of sp³-hybridized carbons (Fsp3) is 0.750. The molecule has 0 aromatic carbocycles. The summed E-state index contributed by atoms with van der Waals surface area (Å²) in [6.07, 6.45) is 1.50. The normalized spacial score (nSPS) is 10.7. The van der Waals surface area contributed by atoms with Crippen molar-refractivity contribution >= 4 is 0 Å². The van der Waals surface area contributed by atoms with E-state index in [1.54, 1.807) is 11.8 Å². The van der Waals surface area contributed by atoms with E-state index < -0.39 is 0 Å². The van der Waals surface area contributed by atoms with Gasteiger partial charge in [-0.2, -0.15) is 5.10 Å². The minimum Gasteiger partial charge on any atom is -0.382 e. The van der Waals surface area contributed by atoms with Crippen LogP contribution >= 0.6 is 0 Å². The Morgan fingerprint density at radius 2 is 2.29 bits per heavy atom. The maximum Gasteiger partial charge on any atom is 0.140 e. The van der Waals surface area contributed by atoms with Crippen molar-refractivity contribution in [3.63, 3.8) is 0 Å². The smallest absolute Gasteiger partial charge is 0.140 e. The van der Waals surface area contributed by atoms with E-state index in [1.165, 1.54) is 6.33 Å². The molecule has 0 spiro atoms. The molecule has 0 saturated heterocycles. The third-order valence-corrected chi connectivity index (χ3v) is 1.76. The molecule has 1 aromatic heterocycles. The highest BCUT2D eigenvalue weighted by molar-refractivity contribution is 4.81. The molecule has 0 amide bonds. The predicted molar refractivity (Wildman–Crippen MR) is 50.6 cm³/mol. The Morgan fingerprint density at radius 1 is 1.43 bits per heavy atom. The zero-order valence-corrected chi connectivity index (χ0v) is 8.35. The Morgan fingerprint density at radius 3 is 3.00 bits per heavy atom. The SMILES string of the molecule is COCCOCCn1ncnc1CN. The zero-order chi connectivity index (χ0) is 10.2. The third-order valence-electron chi connectivity index (χ3n) is 1.76. The van der Waals surface area contributed by atoms with E-state index in [4.69, 9.17) is 15.2 Å². The number of rotatable bonds is 7. The zero-order valence-electron chi connectivity index (χ0n) is 8.35. The van der Waals surface area contributed by atoms with Crippen LogP contribution in [0.3, 0.4) is 0 Å². The van der Waals surface area contributed by atoms with E-state index >= 15 is 0 Å². The third kappa shape index (κ3) is 3.41. The topological polar surface area (TPSA) is 75.2 Å². The summed E-state index contributed by atoms with van der Waals surface area (Å²) in [5, 5.41) is 4.02. The van der Waals surface area contributed by atoms with Crippen LogP contribution in [0.4, 0.5) is 0 Å². The van der Waals surface area contributed by atoms with E-state index in [9.17, 15) is 0 Å². The quantitative estimate of drug-likeness (QED) is 0.595. The highest BCUT2D eigenvalue weighted by atomic mass is 16.5. The lowest BCUT2D eigenvalue weighted by atomic mass is 10.6. The molecule has 0 aliphatic rings. The largest absolute Gasteiger partial charge is 0.382 e. The van der Waals surface area contributed by atoms with Crippen molar-refractivity contribution in [1.29, 1.82) is 0 Å². The average Bonchev–Trinajstić information content (AvgIpc) is 2.65. The summed E-state index contributed by atoms with van der Waals surface area (Å²) in [7, 11) is 1.65. The number of nitrogens with two attached hydrogens (primary N) is 1. The van der Waals surface area contributed by atoms with Gasteiger partial charge in [0.15, 0.2) is 0 Å². The molecule has 0 unspecified atom stereocenters. The second-order valence-corrected chi connectivity index (χ2v) is 2.71. The summed E-state index contributed by atoms with van der Waals surface area (Å²) in [4.78, 5) is 4.00. The molecule has 1 aromatic rings. The Balaban J connectivity index is 2.17. The minimum absolute atomic E-state index is 0.401. The van der Waals surface area contributed by atoms with E-state index in [0.29, 0.717) is 32.9 Å². The molecular weight excluding hydrogens is 184 g/mol. The van der Waals surface area contributed by atoms with Gasteiger partial charge in [-0.15, -0.1) is 0 Å². The molecule has 2 N–H and O–H groups in total. The second-order valence-electron chi connectivity index (χ2n) is 2.71. The first-order valence-corrected chi connectivity index (χ1v) is 4.52. The number of methoxy groups -OCH3 is 1. The lowest BCUT2D eigenvalue weighted by Gasteiger charge is -2.05. The summed E-state index contributed by atoms with van der Waals surface area (Å²) < 4.78 is 11.9. The Labute approximate surface area is 83.0 Å². The van der Waals surface area contributed by atoms with Crippen molar-refractivity contribution < 1.29 is 9.47 Å². The number of ether oxygens (including phenoxy) is 2. The van der Waals surface area contributed by atoms with Gasteiger partial charge in [0.25, 0.3) is 0 Å². The van der Waals surface area contributed by atoms with Crippen molar-refractivity contribution in [2.24, 2.45) is 5.73 Å². The minimum atomic E-state index is 0.401. The first-order chi connectivity index (χ1) is 6.88. The molecule has 0 bridgehead atoms. The molecule has 0 atom stereocenters. The van der Waals surface area contributed by atoms with Gasteiger partial charge >= 0.3 is 0 Å². The van der Waals surface area contributed by atoms with Crippen LogP contribution < -0.4 is 5.73 Å². The molecule has 0 aliphatic carbocycles. The lowest BCUT2D eigenvalue weighted by Crippen LogP contribution is -2.14. The van der Waals surface area contributed by atoms with E-state index in [0.717, 1.165) is 5.82 Å². The van der Waals surface area contributed by atoms with Crippen LogP contribution in [0.25, 0.3) is 0 Å². The molecule has 1 heterocycles. The van der Waals surface area contributed by atoms with Crippen molar-refractivity contribution in [2.45, 2.75) is 13.1 Å². The highest BCUT2D eigenvalue weighted by Crippen LogP contribution is 1.92. The molecule has 1 rings (SSSR count). The Hall–Kier alpha value is -0.980. The molecule has 0 radical (unpaired) electrons. The van der Waals surface area contributed by atoms with Crippen molar-refractivity contribution in [3.8, 4) is 0 Å². The summed E-state index contributed by atoms with van der Waals surface area (Å²) >= 11 is 0. The summed E-state index contributed by atoms with van der Waals surface area (Å²) in [5.74, 6) is 0.778. The van der Waals surface area contributed by atoms with E-state index in [-0.39, 0.29) is 0 Å². The van der Waals surface area contributed by atoms with Gasteiger partial charge in [-0.1, -0.05) is 0 Å². The van der Waals surface area contributed by atoms with Gasteiger partial charge in [0.2, 0.25) is 0 Å². The Bertz CT molecular complexity index is 251. The van der Waals surface area contributed by atoms with Gasteiger partial charge in [-0.05, 0) is 0 Å². The van der Waals surface area contributed by atoms with Gasteiger partial charge in [-0.3, -0.25) is 0 Å². The van der Waals surface area contributed by atoms with Gasteiger partial charge in [0.05, 0.1) is 32.9 Å². The first kappa shape index (κ1) is 11.1. The number of hydrogen-bond acceptors (Lipinski definition) is 5. The maximum atomic E-state index is 5.46. The average molecular weight is 200 g/mol. The monoisotopic (exact) mass is 200 g/mol. The molecular formula is C8H16N4O2. The van der Waals surface area contributed by atoms with Crippen LogP contribution in [0.1, 0.15) is 5.82 Å². The molecule has 80 valence electrons. The van der Waals surface area contributed by atoms with Crippen LogP contribution in [-0.4, -0.2) is 41.7 Å². The van der Waals surface area contributed by atoms with Gasteiger partial charge in [-0.25, -0.2) is 9.67 Å². The van der Waals surface area contributed by atoms with Gasteiger partial charge in [0.1, 0.15) is 12.2 Å². The van der Waals surface area contributed by atoms with Crippen LogP contribution in [0, 0.1) is 0 Å². The second kappa shape index (κ2) is 6.47. The first-order valence-electron chi connectivity index (χ1n) is 4.52. The highest BCUT2D eigenvalue weighted by Gasteiger charge is 2.00. The standard InChI is InChI=1S/C8H16N4O2/c1-13-4-5-14-3-2-12-8(6-9)10-7-11-12/h7H,2-6,9H2,1H3. The fourth-order valence-corrected chi connectivity index (χ4v) is 1.03. The van der Waals surface area contributed by atoms with Crippen LogP contribution in [0.15, 0.2) is 6.33 Å². The molecule has 6 heteroatoms. The predicted octanol–water partition coefficient (Wildman–Crippen LogP) is -0.600. The van der Waals surface area contributed by atoms with Gasteiger partial charge < -0.3 is 15.2 Å². The summed E-state index contributed by atoms with van der Waals surface area (Å²) in [6.45, 7) is 2.89. The fourth-order valence-electron chi connectivity index (χ4n) is 1.03. The summed E-state index contributed by atoms with van der Waals surface area (Å²) in [6, 6.07) is 0. The number of nitrogens with zero attached hydrogens (tertiary/aromatic N) is 3. The number of hydrogen-bond donors (Lipinski definition) is 1. The lowest BCUT2D eigenvalue weighted by molar-refractivity contribution is 0.0650. The van der Waals surface area contributed by atoms with Crippen LogP contribution in [-0.2, 0) is 22.6 Å². The molecule has 0 saturated carbocycles. The Kier molecular flexibility index (Phi) is 5.13. The number of aromatic nitrogens is 3. The molecule has 0 aliphatic heterocycles.